The number of aromatic nitrogens is 3. The Hall–Kier alpha value is -4.81. The van der Waals surface area contributed by atoms with Gasteiger partial charge in [-0.05, 0) is 68.5 Å². The Labute approximate surface area is 239 Å². The number of ether oxygens (including phenoxy) is 3. The highest BCUT2D eigenvalue weighted by atomic mass is 19.1. The Morgan fingerprint density at radius 2 is 1.86 bits per heavy atom. The van der Waals surface area contributed by atoms with Crippen LogP contribution in [0.4, 0.5) is 8.78 Å². The fraction of sp³-hybridized carbons (Fsp3) is 0.345. The zero-order chi connectivity index (χ0) is 30.0. The Morgan fingerprint density at radius 1 is 1.10 bits per heavy atom. The average molecular weight is 583 g/mol. The SMILES string of the molecule is CCCOc1nc(Oc2ccc(F)cc2F)nc2oc(-c3cc(C)c(OCC(=O)N4CCC[C@H]4C(=O)O)c(C)c3)nc12. The number of halogens is 2. The van der Waals surface area contributed by atoms with Gasteiger partial charge in [0, 0.05) is 18.2 Å². The number of carboxylic acid groups (broad SMARTS) is 1. The van der Waals surface area contributed by atoms with E-state index in [1.54, 1.807) is 26.0 Å². The lowest BCUT2D eigenvalue weighted by Crippen LogP contribution is -2.42. The molecule has 1 N–H and O–H groups in total. The number of carbonyl (C=O) groups is 2. The van der Waals surface area contributed by atoms with Crippen molar-refractivity contribution in [2.45, 2.75) is 46.1 Å². The summed E-state index contributed by atoms with van der Waals surface area (Å²) < 4.78 is 50.4. The molecule has 1 amide bonds. The monoisotopic (exact) mass is 582 g/mol. The highest BCUT2D eigenvalue weighted by Crippen LogP contribution is 2.35. The van der Waals surface area contributed by atoms with Crippen molar-refractivity contribution in [3.05, 3.63) is 53.1 Å². The maximum atomic E-state index is 14.2. The van der Waals surface area contributed by atoms with Gasteiger partial charge in [-0.15, -0.1) is 0 Å². The maximum Gasteiger partial charge on any atom is 0.328 e. The minimum atomic E-state index is -1.02. The summed E-state index contributed by atoms with van der Waals surface area (Å²) in [6.45, 7) is 5.91. The van der Waals surface area contributed by atoms with Crippen LogP contribution in [-0.4, -0.2) is 62.6 Å². The number of aryl methyl sites for hydroxylation is 2. The summed E-state index contributed by atoms with van der Waals surface area (Å²) >= 11 is 0. The second-order valence-corrected chi connectivity index (χ2v) is 9.82. The molecule has 3 heterocycles. The van der Waals surface area contributed by atoms with Gasteiger partial charge in [0.2, 0.25) is 5.89 Å². The number of hydrogen-bond acceptors (Lipinski definition) is 9. The van der Waals surface area contributed by atoms with E-state index < -0.39 is 29.6 Å². The summed E-state index contributed by atoms with van der Waals surface area (Å²) in [4.78, 5) is 38.4. The molecule has 1 aliphatic heterocycles. The third-order valence-electron chi connectivity index (χ3n) is 6.65. The van der Waals surface area contributed by atoms with Crippen molar-refractivity contribution in [3.8, 4) is 34.8 Å². The first-order valence-electron chi connectivity index (χ1n) is 13.4. The van der Waals surface area contributed by atoms with Gasteiger partial charge in [-0.2, -0.15) is 9.97 Å². The summed E-state index contributed by atoms with van der Waals surface area (Å²) in [5, 5.41) is 9.36. The number of fused-ring (bicyclic) bond motifs is 1. The highest BCUT2D eigenvalue weighted by molar-refractivity contribution is 5.85. The molecule has 220 valence electrons. The number of benzene rings is 2. The number of likely N-dealkylation sites (tertiary alicyclic amines) is 1. The largest absolute Gasteiger partial charge is 0.483 e. The summed E-state index contributed by atoms with van der Waals surface area (Å²) in [5.74, 6) is -2.62. The number of hydrogen-bond donors (Lipinski definition) is 1. The summed E-state index contributed by atoms with van der Waals surface area (Å²) in [7, 11) is 0. The van der Waals surface area contributed by atoms with Crippen LogP contribution in [-0.2, 0) is 9.59 Å². The topological polar surface area (TPSA) is 137 Å². The van der Waals surface area contributed by atoms with Gasteiger partial charge in [-0.25, -0.2) is 18.6 Å². The van der Waals surface area contributed by atoms with E-state index in [1.165, 1.54) is 4.90 Å². The van der Waals surface area contributed by atoms with Gasteiger partial charge in [0.05, 0.1) is 6.61 Å². The van der Waals surface area contributed by atoms with Gasteiger partial charge in [0.25, 0.3) is 17.5 Å². The summed E-state index contributed by atoms with van der Waals surface area (Å²) in [5.41, 5.74) is 2.23. The number of carboxylic acids is 1. The van der Waals surface area contributed by atoms with Crippen molar-refractivity contribution < 1.29 is 42.1 Å². The molecular formula is C29H28F2N4O7. The molecule has 0 unspecified atom stereocenters. The molecule has 4 aromatic rings. The van der Waals surface area contributed by atoms with Crippen molar-refractivity contribution in [2.24, 2.45) is 0 Å². The van der Waals surface area contributed by atoms with Gasteiger partial charge >= 0.3 is 12.0 Å². The van der Waals surface area contributed by atoms with Gasteiger partial charge in [-0.3, -0.25) is 4.79 Å². The van der Waals surface area contributed by atoms with Crippen molar-refractivity contribution in [1.82, 2.24) is 19.9 Å². The minimum absolute atomic E-state index is 0.0310. The molecular weight excluding hydrogens is 554 g/mol. The lowest BCUT2D eigenvalue weighted by molar-refractivity contribution is -0.149. The van der Waals surface area contributed by atoms with Gasteiger partial charge in [0.1, 0.15) is 17.6 Å². The maximum absolute atomic E-state index is 14.2. The zero-order valence-corrected chi connectivity index (χ0v) is 23.1. The van der Waals surface area contributed by atoms with Gasteiger partial charge in [-0.1, -0.05) is 6.92 Å². The predicted octanol–water partition coefficient (Wildman–Crippen LogP) is 5.22. The molecule has 0 spiro atoms. The van der Waals surface area contributed by atoms with Crippen LogP contribution < -0.4 is 14.2 Å². The van der Waals surface area contributed by atoms with Crippen LogP contribution in [0, 0.1) is 25.5 Å². The molecule has 1 saturated heterocycles. The lowest BCUT2D eigenvalue weighted by Gasteiger charge is -2.22. The van der Waals surface area contributed by atoms with Crippen molar-refractivity contribution >= 4 is 23.1 Å². The standard InChI is InChI=1S/C29H28F2N4O7/c1-4-10-39-26-23-27(34-29(33-26)41-21-8-7-18(30)13-19(21)31)42-25(32-23)17-11-15(2)24(16(3)12-17)40-14-22(36)35-9-5-6-20(35)28(37)38/h7-8,11-13,20H,4-6,9-10,14H2,1-3H3,(H,37,38)/t20-/m0/s1. The molecule has 11 nitrogen and oxygen atoms in total. The van der Waals surface area contributed by atoms with E-state index in [0.29, 0.717) is 60.9 Å². The highest BCUT2D eigenvalue weighted by Gasteiger charge is 2.34. The molecule has 2 aromatic carbocycles. The van der Waals surface area contributed by atoms with E-state index in [4.69, 9.17) is 18.6 Å². The smallest absolute Gasteiger partial charge is 0.328 e. The number of carbonyl (C=O) groups excluding carboxylic acids is 1. The van der Waals surface area contributed by atoms with Crippen molar-refractivity contribution in [3.63, 3.8) is 0 Å². The second kappa shape index (κ2) is 12.0. The molecule has 0 radical (unpaired) electrons. The number of amides is 1. The van der Waals surface area contributed by atoms with E-state index in [1.807, 2.05) is 6.92 Å². The first-order valence-corrected chi connectivity index (χ1v) is 13.4. The number of aliphatic carboxylic acids is 1. The normalized spacial score (nSPS) is 14.8. The first kappa shape index (κ1) is 28.7. The molecule has 42 heavy (non-hydrogen) atoms. The predicted molar refractivity (Wildman–Crippen MR) is 145 cm³/mol. The van der Waals surface area contributed by atoms with E-state index in [2.05, 4.69) is 15.0 Å². The Bertz CT molecular complexity index is 1640. The van der Waals surface area contributed by atoms with E-state index in [-0.39, 0.29) is 41.4 Å². The molecule has 1 fully saturated rings. The Morgan fingerprint density at radius 3 is 2.55 bits per heavy atom. The summed E-state index contributed by atoms with van der Waals surface area (Å²) in [6.07, 6.45) is 1.73. The molecule has 1 atom stereocenters. The van der Waals surface area contributed by atoms with E-state index in [0.717, 1.165) is 12.1 Å². The van der Waals surface area contributed by atoms with Crippen LogP contribution in [0.3, 0.4) is 0 Å². The van der Waals surface area contributed by atoms with Gasteiger partial charge < -0.3 is 28.6 Å². The molecule has 0 bridgehead atoms. The minimum Gasteiger partial charge on any atom is -0.483 e. The molecule has 0 saturated carbocycles. The van der Waals surface area contributed by atoms with Crippen LogP contribution >= 0.6 is 0 Å². The van der Waals surface area contributed by atoms with Crippen LogP contribution in [0.25, 0.3) is 22.7 Å². The fourth-order valence-electron chi connectivity index (χ4n) is 4.74. The van der Waals surface area contributed by atoms with Crippen LogP contribution in [0.5, 0.6) is 23.4 Å². The average Bonchev–Trinajstić information content (AvgIpc) is 3.61. The lowest BCUT2D eigenvalue weighted by atomic mass is 10.1. The molecule has 1 aliphatic rings. The van der Waals surface area contributed by atoms with Crippen molar-refractivity contribution in [1.29, 1.82) is 0 Å². The van der Waals surface area contributed by atoms with Crippen LogP contribution in [0.2, 0.25) is 0 Å². The zero-order valence-electron chi connectivity index (χ0n) is 23.1. The van der Waals surface area contributed by atoms with Gasteiger partial charge in [0.15, 0.2) is 23.7 Å². The Kier molecular flexibility index (Phi) is 8.18. The number of oxazole rings is 1. The first-order chi connectivity index (χ1) is 20.1. The van der Waals surface area contributed by atoms with Crippen LogP contribution in [0.1, 0.15) is 37.3 Å². The summed E-state index contributed by atoms with van der Waals surface area (Å²) in [6, 6.07) is 5.27. The molecule has 5 rings (SSSR count). The fourth-order valence-corrected chi connectivity index (χ4v) is 4.74. The van der Waals surface area contributed by atoms with E-state index in [9.17, 15) is 23.5 Å². The number of nitrogens with zero attached hydrogens (tertiary/aromatic N) is 4. The van der Waals surface area contributed by atoms with E-state index >= 15 is 0 Å². The Balaban J connectivity index is 1.40. The quantitative estimate of drug-likeness (QED) is 0.265. The van der Waals surface area contributed by atoms with Crippen LogP contribution in [0.15, 0.2) is 34.7 Å². The molecule has 13 heteroatoms. The number of rotatable bonds is 10. The third kappa shape index (κ3) is 5.94. The third-order valence-corrected chi connectivity index (χ3v) is 6.65. The molecule has 2 aromatic heterocycles. The second-order valence-electron chi connectivity index (χ2n) is 9.82. The van der Waals surface area contributed by atoms with Crippen molar-refractivity contribution in [2.75, 3.05) is 19.8 Å². The molecule has 0 aliphatic carbocycles.